The van der Waals surface area contributed by atoms with E-state index in [2.05, 4.69) is 34.9 Å². The minimum Gasteiger partial charge on any atom is -0.479 e. The molecule has 2 atom stereocenters. The molecule has 0 bridgehead atoms. The van der Waals surface area contributed by atoms with Crippen molar-refractivity contribution >= 4 is 18.0 Å². The highest BCUT2D eigenvalue weighted by atomic mass is 16.5. The number of carbonyl (C=O) groups excluding carboxylic acids is 2. The number of aliphatic carboxylic acids is 1. The number of hydrogen-bond acceptors (Lipinski definition) is 5. The summed E-state index contributed by atoms with van der Waals surface area (Å²) >= 11 is 0. The molecular formula is C26H30N2O6. The molecule has 34 heavy (non-hydrogen) atoms. The van der Waals surface area contributed by atoms with Gasteiger partial charge in [0.2, 0.25) is 5.91 Å². The summed E-state index contributed by atoms with van der Waals surface area (Å²) in [6, 6.07) is 16.3. The number of amides is 2. The van der Waals surface area contributed by atoms with Crippen molar-refractivity contribution in [3.63, 3.8) is 0 Å². The Balaban J connectivity index is 1.37. The van der Waals surface area contributed by atoms with Gasteiger partial charge in [-0.1, -0.05) is 48.5 Å². The molecule has 8 nitrogen and oxygen atoms in total. The Morgan fingerprint density at radius 2 is 1.65 bits per heavy atom. The van der Waals surface area contributed by atoms with Crippen molar-refractivity contribution in [3.8, 4) is 11.1 Å². The fraction of sp³-hybridized carbons (Fsp3) is 0.423. The molecule has 2 aromatic rings. The van der Waals surface area contributed by atoms with Crippen molar-refractivity contribution in [2.24, 2.45) is 5.92 Å². The number of carbonyl (C=O) groups is 3. The van der Waals surface area contributed by atoms with Gasteiger partial charge in [0, 0.05) is 19.4 Å². The first-order valence-electron chi connectivity index (χ1n) is 11.5. The number of ether oxygens (including phenoxy) is 2. The third kappa shape index (κ3) is 5.07. The van der Waals surface area contributed by atoms with Gasteiger partial charge in [-0.25, -0.2) is 9.59 Å². The van der Waals surface area contributed by atoms with E-state index in [9.17, 15) is 14.4 Å². The molecule has 0 aliphatic heterocycles. The molecule has 1 fully saturated rings. The normalized spacial score (nSPS) is 17.1. The first-order chi connectivity index (χ1) is 16.3. The summed E-state index contributed by atoms with van der Waals surface area (Å²) in [7, 11) is 1.28. The van der Waals surface area contributed by atoms with Crippen LogP contribution in [0.3, 0.4) is 0 Å². The lowest BCUT2D eigenvalue weighted by molar-refractivity contribution is -0.148. The van der Waals surface area contributed by atoms with Gasteiger partial charge in [-0.3, -0.25) is 4.79 Å². The minimum absolute atomic E-state index is 0.0257. The Hall–Kier alpha value is -3.39. The molecule has 180 valence electrons. The fourth-order valence-corrected chi connectivity index (χ4v) is 4.75. The Kier molecular flexibility index (Phi) is 6.88. The molecule has 2 unspecified atom stereocenters. The zero-order valence-corrected chi connectivity index (χ0v) is 19.4. The van der Waals surface area contributed by atoms with Gasteiger partial charge in [0.25, 0.3) is 0 Å². The van der Waals surface area contributed by atoms with Gasteiger partial charge in [0.05, 0.1) is 12.1 Å². The SMILES string of the molecule is COC(CNC(=O)CC(C)(NC(=O)OCC1c2ccccc2-c2ccccc21)C1CC1)C(=O)O. The van der Waals surface area contributed by atoms with Crippen LogP contribution >= 0.6 is 0 Å². The maximum absolute atomic E-state index is 12.8. The van der Waals surface area contributed by atoms with Crippen molar-refractivity contribution in [3.05, 3.63) is 59.7 Å². The largest absolute Gasteiger partial charge is 0.479 e. The second-order valence-electron chi connectivity index (χ2n) is 9.19. The second kappa shape index (κ2) is 9.85. The number of hydrogen-bond donors (Lipinski definition) is 3. The summed E-state index contributed by atoms with van der Waals surface area (Å²) in [5.41, 5.74) is 3.79. The van der Waals surface area contributed by atoms with Gasteiger partial charge < -0.3 is 25.2 Å². The standard InChI is InChI=1S/C26H30N2O6/c1-26(16-11-12-16,13-23(29)27-14-22(33-2)24(30)31)28-25(32)34-15-21-19-9-5-3-7-17(19)18-8-4-6-10-20(18)21/h3-10,16,21-22H,11-15H2,1-2H3,(H,27,29)(H,28,32)(H,30,31). The smallest absolute Gasteiger partial charge is 0.407 e. The van der Waals surface area contributed by atoms with Gasteiger partial charge in [0.15, 0.2) is 6.10 Å². The van der Waals surface area contributed by atoms with E-state index in [0.717, 1.165) is 35.1 Å². The van der Waals surface area contributed by atoms with Crippen LogP contribution in [0.4, 0.5) is 4.79 Å². The summed E-state index contributed by atoms with van der Waals surface area (Å²) < 4.78 is 10.5. The minimum atomic E-state index is -1.15. The van der Waals surface area contributed by atoms with Crippen LogP contribution in [0, 0.1) is 5.92 Å². The molecule has 2 aliphatic carbocycles. The van der Waals surface area contributed by atoms with Gasteiger partial charge >= 0.3 is 12.1 Å². The molecule has 2 aliphatic rings. The first-order valence-corrected chi connectivity index (χ1v) is 11.5. The van der Waals surface area contributed by atoms with E-state index in [1.54, 1.807) is 0 Å². The van der Waals surface area contributed by atoms with Gasteiger partial charge in [-0.15, -0.1) is 0 Å². The molecular weight excluding hydrogens is 436 g/mol. The van der Waals surface area contributed by atoms with Crippen molar-refractivity contribution in [1.82, 2.24) is 10.6 Å². The Labute approximate surface area is 198 Å². The molecule has 4 rings (SSSR count). The zero-order valence-electron chi connectivity index (χ0n) is 19.4. The van der Waals surface area contributed by atoms with E-state index in [4.69, 9.17) is 14.6 Å². The monoisotopic (exact) mass is 466 g/mol. The van der Waals surface area contributed by atoms with E-state index in [1.165, 1.54) is 7.11 Å². The van der Waals surface area contributed by atoms with Crippen LogP contribution in [0.2, 0.25) is 0 Å². The lowest BCUT2D eigenvalue weighted by Crippen LogP contribution is -2.51. The van der Waals surface area contributed by atoms with Gasteiger partial charge in [0.1, 0.15) is 6.61 Å². The highest BCUT2D eigenvalue weighted by Crippen LogP contribution is 2.45. The molecule has 0 spiro atoms. The average molecular weight is 467 g/mol. The van der Waals surface area contributed by atoms with Crippen LogP contribution in [-0.2, 0) is 19.1 Å². The maximum Gasteiger partial charge on any atom is 0.407 e. The third-order valence-electron chi connectivity index (χ3n) is 6.78. The molecule has 0 radical (unpaired) electrons. The topological polar surface area (TPSA) is 114 Å². The number of fused-ring (bicyclic) bond motifs is 3. The summed E-state index contributed by atoms with van der Waals surface area (Å²) in [4.78, 5) is 36.4. The van der Waals surface area contributed by atoms with Crippen LogP contribution in [0.1, 0.15) is 43.2 Å². The Morgan fingerprint density at radius 3 is 2.18 bits per heavy atom. The number of nitrogens with one attached hydrogen (secondary N) is 2. The van der Waals surface area contributed by atoms with Crippen LogP contribution in [0.15, 0.2) is 48.5 Å². The number of carboxylic acids is 1. The number of rotatable bonds is 10. The van der Waals surface area contributed by atoms with Crippen molar-refractivity contribution in [2.45, 2.75) is 43.7 Å². The summed E-state index contributed by atoms with van der Waals surface area (Å²) in [6.07, 6.45) is 0.153. The van der Waals surface area contributed by atoms with Crippen LogP contribution in [-0.4, -0.2) is 55.0 Å². The number of methoxy groups -OCH3 is 1. The van der Waals surface area contributed by atoms with Crippen molar-refractivity contribution in [1.29, 1.82) is 0 Å². The predicted octanol–water partition coefficient (Wildman–Crippen LogP) is 3.30. The molecule has 0 heterocycles. The second-order valence-corrected chi connectivity index (χ2v) is 9.19. The van der Waals surface area contributed by atoms with Crippen LogP contribution in [0.5, 0.6) is 0 Å². The first kappa shape index (κ1) is 23.8. The molecule has 0 saturated heterocycles. The predicted molar refractivity (Wildman–Crippen MR) is 125 cm³/mol. The number of benzene rings is 2. The summed E-state index contributed by atoms with van der Waals surface area (Å²) in [6.45, 7) is 1.88. The average Bonchev–Trinajstić information content (AvgIpc) is 3.62. The summed E-state index contributed by atoms with van der Waals surface area (Å²) in [5, 5.41) is 14.6. The van der Waals surface area contributed by atoms with E-state index in [1.807, 2.05) is 31.2 Å². The lowest BCUT2D eigenvalue weighted by atomic mass is 9.91. The molecule has 1 saturated carbocycles. The Bertz CT molecular complexity index is 1040. The molecule has 0 aromatic heterocycles. The highest BCUT2D eigenvalue weighted by Gasteiger charge is 2.44. The summed E-state index contributed by atoms with van der Waals surface area (Å²) in [5.74, 6) is -1.38. The van der Waals surface area contributed by atoms with Gasteiger partial charge in [-0.05, 0) is 47.9 Å². The van der Waals surface area contributed by atoms with Crippen molar-refractivity contribution in [2.75, 3.05) is 20.3 Å². The number of carboxylic acid groups (broad SMARTS) is 1. The van der Waals surface area contributed by atoms with Crippen molar-refractivity contribution < 1.29 is 29.0 Å². The van der Waals surface area contributed by atoms with Gasteiger partial charge in [-0.2, -0.15) is 0 Å². The van der Waals surface area contributed by atoms with Crippen LogP contribution in [0.25, 0.3) is 11.1 Å². The molecule has 2 amide bonds. The Morgan fingerprint density at radius 1 is 1.06 bits per heavy atom. The number of alkyl carbamates (subject to hydrolysis) is 1. The highest BCUT2D eigenvalue weighted by molar-refractivity contribution is 5.81. The third-order valence-corrected chi connectivity index (χ3v) is 6.78. The zero-order chi connectivity index (χ0) is 24.3. The van der Waals surface area contributed by atoms with E-state index in [-0.39, 0.29) is 37.3 Å². The maximum atomic E-state index is 12.8. The van der Waals surface area contributed by atoms with E-state index in [0.29, 0.717) is 0 Å². The quantitative estimate of drug-likeness (QED) is 0.495. The molecule has 3 N–H and O–H groups in total. The molecule has 8 heteroatoms. The van der Waals surface area contributed by atoms with Crippen LogP contribution < -0.4 is 10.6 Å². The fourth-order valence-electron chi connectivity index (χ4n) is 4.75. The van der Waals surface area contributed by atoms with E-state index >= 15 is 0 Å². The molecule has 2 aromatic carbocycles. The lowest BCUT2D eigenvalue weighted by Gasteiger charge is -2.30. The van der Waals surface area contributed by atoms with E-state index < -0.39 is 23.7 Å².